The van der Waals surface area contributed by atoms with E-state index in [0.29, 0.717) is 0 Å². The quantitative estimate of drug-likeness (QED) is 0.361. The molecule has 0 radical (unpaired) electrons. The SMILES string of the molecule is C=C=C(C=C)C=C. The lowest BCUT2D eigenvalue weighted by atomic mass is 10.3. The molecule has 36 valence electrons. The molecular formula is C7H8. The van der Waals surface area contributed by atoms with Gasteiger partial charge in [0.1, 0.15) is 0 Å². The van der Waals surface area contributed by atoms with Crippen molar-refractivity contribution in [1.82, 2.24) is 0 Å². The van der Waals surface area contributed by atoms with E-state index in [1.54, 1.807) is 12.2 Å². The van der Waals surface area contributed by atoms with Gasteiger partial charge in [0.25, 0.3) is 0 Å². The van der Waals surface area contributed by atoms with Crippen molar-refractivity contribution in [3.63, 3.8) is 0 Å². The molecule has 0 aliphatic carbocycles. The van der Waals surface area contributed by atoms with Crippen LogP contribution in [0.15, 0.2) is 43.2 Å². The molecule has 0 rings (SSSR count). The highest BCUT2D eigenvalue weighted by molar-refractivity contribution is 5.25. The summed E-state index contributed by atoms with van der Waals surface area (Å²) in [4.78, 5) is 0. The average Bonchev–Trinajstić information content (AvgIpc) is 1.72. The van der Waals surface area contributed by atoms with Crippen LogP contribution in [0.2, 0.25) is 0 Å². The first-order valence-corrected chi connectivity index (χ1v) is 2.00. The van der Waals surface area contributed by atoms with Crippen LogP contribution in [0.5, 0.6) is 0 Å². The predicted octanol–water partition coefficient (Wildman–Crippen LogP) is 2.07. The van der Waals surface area contributed by atoms with E-state index < -0.39 is 0 Å². The van der Waals surface area contributed by atoms with E-state index in [9.17, 15) is 0 Å². The van der Waals surface area contributed by atoms with E-state index in [0.717, 1.165) is 5.57 Å². The smallest absolute Gasteiger partial charge is 0.0146 e. The summed E-state index contributed by atoms with van der Waals surface area (Å²) in [5, 5.41) is 0. The summed E-state index contributed by atoms with van der Waals surface area (Å²) < 4.78 is 0. The molecule has 0 bridgehead atoms. The molecule has 0 saturated heterocycles. The van der Waals surface area contributed by atoms with E-state index in [1.165, 1.54) is 0 Å². The Labute approximate surface area is 44.2 Å². The Morgan fingerprint density at radius 3 is 1.71 bits per heavy atom. The minimum Gasteiger partial charge on any atom is -0.121 e. The summed E-state index contributed by atoms with van der Waals surface area (Å²) in [6.07, 6.45) is 3.31. The van der Waals surface area contributed by atoms with E-state index in [-0.39, 0.29) is 0 Å². The van der Waals surface area contributed by atoms with E-state index in [4.69, 9.17) is 0 Å². The Hall–Kier alpha value is -1.00. The summed E-state index contributed by atoms with van der Waals surface area (Å²) in [6, 6.07) is 0. The Morgan fingerprint density at radius 2 is 1.71 bits per heavy atom. The van der Waals surface area contributed by atoms with Crippen LogP contribution in [-0.4, -0.2) is 0 Å². The first-order chi connectivity index (χ1) is 3.35. The van der Waals surface area contributed by atoms with Gasteiger partial charge in [0.15, 0.2) is 0 Å². The summed E-state index contributed by atoms with van der Waals surface area (Å²) in [6.45, 7) is 10.4. The lowest BCUT2D eigenvalue weighted by Crippen LogP contribution is -1.58. The first kappa shape index (κ1) is 6.00. The molecule has 0 saturated carbocycles. The van der Waals surface area contributed by atoms with Crippen LogP contribution in [0.4, 0.5) is 0 Å². The highest BCUT2D eigenvalue weighted by Crippen LogP contribution is 1.89. The molecule has 0 aromatic heterocycles. The third-order valence-corrected chi connectivity index (χ3v) is 0.644. The van der Waals surface area contributed by atoms with Crippen molar-refractivity contribution in [2.24, 2.45) is 0 Å². The largest absolute Gasteiger partial charge is 0.121 e. The fraction of sp³-hybridized carbons (Fsp3) is 0. The molecule has 0 unspecified atom stereocenters. The van der Waals surface area contributed by atoms with Gasteiger partial charge in [-0.3, -0.25) is 0 Å². The summed E-state index contributed by atoms with van der Waals surface area (Å²) in [5.41, 5.74) is 3.48. The first-order valence-electron chi connectivity index (χ1n) is 2.00. The monoisotopic (exact) mass is 92.1 g/mol. The Bertz CT molecular complexity index is 113. The van der Waals surface area contributed by atoms with Crippen LogP contribution in [0.3, 0.4) is 0 Å². The highest BCUT2D eigenvalue weighted by atomic mass is 13.7. The second kappa shape index (κ2) is 3.20. The van der Waals surface area contributed by atoms with Gasteiger partial charge in [0.05, 0.1) is 0 Å². The molecule has 0 heterocycles. The van der Waals surface area contributed by atoms with Crippen molar-refractivity contribution < 1.29 is 0 Å². The normalized spacial score (nSPS) is 6.29. The van der Waals surface area contributed by atoms with Crippen molar-refractivity contribution in [3.05, 3.63) is 43.2 Å². The predicted molar refractivity (Wildman–Crippen MR) is 33.0 cm³/mol. The zero-order chi connectivity index (χ0) is 5.70. The van der Waals surface area contributed by atoms with Gasteiger partial charge in [0, 0.05) is 5.57 Å². The minimum atomic E-state index is 0.847. The van der Waals surface area contributed by atoms with E-state index >= 15 is 0 Å². The summed E-state index contributed by atoms with van der Waals surface area (Å²) in [7, 11) is 0. The highest BCUT2D eigenvalue weighted by Gasteiger charge is 1.70. The molecule has 0 aliphatic rings. The van der Waals surface area contributed by atoms with Gasteiger partial charge >= 0.3 is 0 Å². The van der Waals surface area contributed by atoms with Gasteiger partial charge in [-0.25, -0.2) is 0 Å². The Kier molecular flexibility index (Phi) is 2.74. The minimum absolute atomic E-state index is 0.847. The maximum absolute atomic E-state index is 3.49. The van der Waals surface area contributed by atoms with Gasteiger partial charge in [0.2, 0.25) is 0 Å². The molecular weight excluding hydrogens is 84.1 g/mol. The Balaban J connectivity index is 4.14. The molecule has 0 fully saturated rings. The van der Waals surface area contributed by atoms with E-state index in [1.807, 2.05) is 0 Å². The molecule has 0 nitrogen and oxygen atoms in total. The summed E-state index contributed by atoms with van der Waals surface area (Å²) in [5.74, 6) is 0. The lowest BCUT2D eigenvalue weighted by molar-refractivity contribution is 1.78. The maximum Gasteiger partial charge on any atom is 0.0146 e. The Morgan fingerprint density at radius 1 is 1.29 bits per heavy atom. The lowest BCUT2D eigenvalue weighted by Gasteiger charge is -1.77. The van der Waals surface area contributed by atoms with Crippen LogP contribution in [-0.2, 0) is 0 Å². The van der Waals surface area contributed by atoms with Crippen molar-refractivity contribution >= 4 is 0 Å². The molecule has 7 heavy (non-hydrogen) atoms. The van der Waals surface area contributed by atoms with Crippen LogP contribution in [0.1, 0.15) is 0 Å². The number of allylic oxidation sites excluding steroid dienone is 3. The second-order valence-electron chi connectivity index (χ2n) is 1.04. The zero-order valence-electron chi connectivity index (χ0n) is 4.28. The molecule has 0 aromatic rings. The van der Waals surface area contributed by atoms with Crippen LogP contribution < -0.4 is 0 Å². The van der Waals surface area contributed by atoms with Crippen molar-refractivity contribution in [2.45, 2.75) is 0 Å². The number of hydrogen-bond donors (Lipinski definition) is 0. The number of rotatable bonds is 2. The molecule has 0 aliphatic heterocycles. The van der Waals surface area contributed by atoms with Gasteiger partial charge < -0.3 is 0 Å². The van der Waals surface area contributed by atoms with Gasteiger partial charge in [-0.05, 0) is 0 Å². The molecule has 0 N–H and O–H groups in total. The fourth-order valence-electron chi connectivity index (χ4n) is 0.228. The van der Waals surface area contributed by atoms with E-state index in [2.05, 4.69) is 25.5 Å². The third kappa shape index (κ3) is 1.80. The van der Waals surface area contributed by atoms with Crippen LogP contribution in [0, 0.1) is 0 Å². The molecule has 0 atom stereocenters. The van der Waals surface area contributed by atoms with Gasteiger partial charge in [-0.1, -0.05) is 31.9 Å². The van der Waals surface area contributed by atoms with Crippen LogP contribution >= 0.6 is 0 Å². The molecule has 0 aromatic carbocycles. The van der Waals surface area contributed by atoms with Gasteiger partial charge in [-0.2, -0.15) is 0 Å². The molecule has 0 spiro atoms. The van der Waals surface area contributed by atoms with Crippen molar-refractivity contribution in [3.8, 4) is 0 Å². The molecule has 0 amide bonds. The number of hydrogen-bond acceptors (Lipinski definition) is 0. The third-order valence-electron chi connectivity index (χ3n) is 0.644. The fourth-order valence-corrected chi connectivity index (χ4v) is 0.228. The maximum atomic E-state index is 3.49. The van der Waals surface area contributed by atoms with Gasteiger partial charge in [-0.15, -0.1) is 5.73 Å². The average molecular weight is 92.1 g/mol. The standard InChI is InChI=1S/C7H8/c1-4-7(5-2)6-3/h4-5H,1-3H2. The van der Waals surface area contributed by atoms with Crippen molar-refractivity contribution in [1.29, 1.82) is 0 Å². The summed E-state index contributed by atoms with van der Waals surface area (Å²) >= 11 is 0. The second-order valence-corrected chi connectivity index (χ2v) is 1.04. The van der Waals surface area contributed by atoms with Crippen LogP contribution in [0.25, 0.3) is 0 Å². The molecule has 0 heteroatoms. The van der Waals surface area contributed by atoms with Crippen molar-refractivity contribution in [2.75, 3.05) is 0 Å². The zero-order valence-corrected chi connectivity index (χ0v) is 4.28. The topological polar surface area (TPSA) is 0 Å².